The van der Waals surface area contributed by atoms with Crippen molar-refractivity contribution in [3.05, 3.63) is 12.3 Å². The fourth-order valence-electron chi connectivity index (χ4n) is 0.246. The normalized spacial score (nSPS) is 8.29. The second kappa shape index (κ2) is 3.68. The van der Waals surface area contributed by atoms with E-state index >= 15 is 0 Å². The smallest absolute Gasteiger partial charge is 0.0852 e. The third-order valence-electron chi connectivity index (χ3n) is 0.672. The Hall–Kier alpha value is -0.500. The van der Waals surface area contributed by atoms with Gasteiger partial charge in [-0.3, -0.25) is 0 Å². The number of methoxy groups -OCH3 is 1. The first-order chi connectivity index (χ1) is 3.31. The van der Waals surface area contributed by atoms with Crippen LogP contribution >= 0.6 is 0 Å². The zero-order valence-corrected chi connectivity index (χ0v) is 4.82. The molecule has 0 heterocycles. The van der Waals surface area contributed by atoms with Crippen LogP contribution in [0.2, 0.25) is 0 Å². The first-order valence-corrected chi connectivity index (χ1v) is 2.15. The second-order valence-electron chi connectivity index (χ2n) is 1.29. The molecule has 0 radical (unpaired) electrons. The van der Waals surface area contributed by atoms with Crippen LogP contribution in [0.1, 0.15) is 0 Å². The van der Waals surface area contributed by atoms with Gasteiger partial charge in [0, 0.05) is 19.9 Å². The molecule has 1 N–H and O–H groups in total. The van der Waals surface area contributed by atoms with E-state index in [4.69, 9.17) is 4.74 Å². The minimum atomic E-state index is 0.594. The maximum absolute atomic E-state index is 4.73. The summed E-state index contributed by atoms with van der Waals surface area (Å²) >= 11 is 0. The highest BCUT2D eigenvalue weighted by atomic mass is 16.5. The summed E-state index contributed by atoms with van der Waals surface area (Å²) in [4.78, 5) is 0. The molecule has 0 aromatic rings. The van der Waals surface area contributed by atoms with Gasteiger partial charge >= 0.3 is 0 Å². The average Bonchev–Trinajstić information content (AvgIpc) is 1.68. The van der Waals surface area contributed by atoms with Gasteiger partial charge in [-0.1, -0.05) is 6.58 Å². The Bertz CT molecular complexity index is 61.1. The van der Waals surface area contributed by atoms with E-state index in [1.807, 2.05) is 7.05 Å². The third kappa shape index (κ3) is 3.33. The lowest BCUT2D eigenvalue weighted by atomic mass is 10.5. The molecule has 0 aliphatic heterocycles. The molecule has 0 saturated heterocycles. The molecule has 42 valence electrons. The zero-order valence-electron chi connectivity index (χ0n) is 4.82. The van der Waals surface area contributed by atoms with Crippen molar-refractivity contribution in [2.24, 2.45) is 0 Å². The largest absolute Gasteiger partial charge is 0.390 e. The van der Waals surface area contributed by atoms with Crippen molar-refractivity contribution in [1.82, 2.24) is 5.32 Å². The van der Waals surface area contributed by atoms with Crippen LogP contribution in [-0.2, 0) is 4.74 Å². The van der Waals surface area contributed by atoms with Crippen LogP contribution in [0.3, 0.4) is 0 Å². The second-order valence-corrected chi connectivity index (χ2v) is 1.29. The van der Waals surface area contributed by atoms with E-state index in [0.717, 1.165) is 5.70 Å². The standard InChI is InChI=1S/C5H11NO/c1-5(6-2)4-7-3/h6H,1,4H2,2-3H3. The van der Waals surface area contributed by atoms with Gasteiger partial charge in [-0.2, -0.15) is 0 Å². The molecule has 0 amide bonds. The number of rotatable bonds is 3. The van der Waals surface area contributed by atoms with Crippen LogP contribution in [0.4, 0.5) is 0 Å². The first-order valence-electron chi connectivity index (χ1n) is 2.15. The van der Waals surface area contributed by atoms with Gasteiger partial charge in [0.1, 0.15) is 0 Å². The molecule has 0 unspecified atom stereocenters. The van der Waals surface area contributed by atoms with Gasteiger partial charge in [-0.05, 0) is 0 Å². The molecule has 0 aliphatic rings. The lowest BCUT2D eigenvalue weighted by molar-refractivity contribution is 0.221. The molecule has 2 nitrogen and oxygen atoms in total. The molecule has 0 aliphatic carbocycles. The van der Waals surface area contributed by atoms with Gasteiger partial charge in [-0.15, -0.1) is 0 Å². The SMILES string of the molecule is C=C(COC)NC. The van der Waals surface area contributed by atoms with Gasteiger partial charge in [0.05, 0.1) is 6.61 Å². The molecule has 2 heteroatoms. The molecule has 0 atom stereocenters. The molecule has 0 rings (SSSR count). The van der Waals surface area contributed by atoms with E-state index in [2.05, 4.69) is 11.9 Å². The van der Waals surface area contributed by atoms with Crippen LogP contribution in [0.5, 0.6) is 0 Å². The van der Waals surface area contributed by atoms with E-state index in [9.17, 15) is 0 Å². The minimum absolute atomic E-state index is 0.594. The molecule has 0 bridgehead atoms. The van der Waals surface area contributed by atoms with Crippen molar-refractivity contribution in [3.63, 3.8) is 0 Å². The Labute approximate surface area is 44.2 Å². The highest BCUT2D eigenvalue weighted by Crippen LogP contribution is 1.78. The summed E-state index contributed by atoms with van der Waals surface area (Å²) < 4.78 is 4.73. The van der Waals surface area contributed by atoms with Crippen molar-refractivity contribution in [1.29, 1.82) is 0 Å². The average molecular weight is 101 g/mol. The first kappa shape index (κ1) is 6.50. The van der Waals surface area contributed by atoms with Crippen LogP contribution in [0, 0.1) is 0 Å². The number of hydrogen-bond donors (Lipinski definition) is 1. The lowest BCUT2D eigenvalue weighted by Gasteiger charge is -1.99. The summed E-state index contributed by atoms with van der Waals surface area (Å²) in [5.41, 5.74) is 0.905. The van der Waals surface area contributed by atoms with Gasteiger partial charge in [-0.25, -0.2) is 0 Å². The fourth-order valence-corrected chi connectivity index (χ4v) is 0.246. The molecule has 0 fully saturated rings. The summed E-state index contributed by atoms with van der Waals surface area (Å²) in [6, 6.07) is 0. The third-order valence-corrected chi connectivity index (χ3v) is 0.672. The Morgan fingerprint density at radius 1 is 1.86 bits per heavy atom. The van der Waals surface area contributed by atoms with E-state index < -0.39 is 0 Å². The van der Waals surface area contributed by atoms with Crippen molar-refractivity contribution in [3.8, 4) is 0 Å². The van der Waals surface area contributed by atoms with E-state index in [0.29, 0.717) is 6.61 Å². The molecule has 0 saturated carbocycles. The quantitative estimate of drug-likeness (QED) is 0.554. The minimum Gasteiger partial charge on any atom is -0.390 e. The summed E-state index contributed by atoms with van der Waals surface area (Å²) in [5, 5.41) is 2.85. The Balaban J connectivity index is 3.00. The summed E-state index contributed by atoms with van der Waals surface area (Å²) in [7, 11) is 3.46. The van der Waals surface area contributed by atoms with E-state index in [-0.39, 0.29) is 0 Å². The predicted octanol–water partition coefficient (Wildman–Crippen LogP) is 0.366. The van der Waals surface area contributed by atoms with Gasteiger partial charge in [0.15, 0.2) is 0 Å². The predicted molar refractivity (Wildman–Crippen MR) is 30.1 cm³/mol. The summed E-state index contributed by atoms with van der Waals surface area (Å²) in [5.74, 6) is 0. The van der Waals surface area contributed by atoms with Gasteiger partial charge in [0.2, 0.25) is 0 Å². The molecule has 0 spiro atoms. The van der Waals surface area contributed by atoms with Crippen molar-refractivity contribution < 1.29 is 4.74 Å². The van der Waals surface area contributed by atoms with Crippen LogP contribution in [0.15, 0.2) is 12.3 Å². The maximum Gasteiger partial charge on any atom is 0.0852 e. The number of hydrogen-bond acceptors (Lipinski definition) is 2. The molecule has 0 aromatic carbocycles. The Kier molecular flexibility index (Phi) is 3.42. The van der Waals surface area contributed by atoms with E-state index in [1.165, 1.54) is 0 Å². The monoisotopic (exact) mass is 101 g/mol. The van der Waals surface area contributed by atoms with Crippen LogP contribution in [0.25, 0.3) is 0 Å². The van der Waals surface area contributed by atoms with Gasteiger partial charge < -0.3 is 10.1 Å². The lowest BCUT2D eigenvalue weighted by Crippen LogP contribution is -2.08. The summed E-state index contributed by atoms with van der Waals surface area (Å²) in [6.07, 6.45) is 0. The fraction of sp³-hybridized carbons (Fsp3) is 0.600. The summed E-state index contributed by atoms with van der Waals surface area (Å²) in [6.45, 7) is 4.22. The number of likely N-dealkylation sites (N-methyl/N-ethyl adjacent to an activating group) is 1. The molecule has 0 aromatic heterocycles. The van der Waals surface area contributed by atoms with Crippen molar-refractivity contribution in [2.45, 2.75) is 0 Å². The molecular weight excluding hydrogens is 90.1 g/mol. The topological polar surface area (TPSA) is 21.3 Å². The van der Waals surface area contributed by atoms with Crippen LogP contribution in [-0.4, -0.2) is 20.8 Å². The van der Waals surface area contributed by atoms with Gasteiger partial charge in [0.25, 0.3) is 0 Å². The maximum atomic E-state index is 4.73. The van der Waals surface area contributed by atoms with Crippen LogP contribution < -0.4 is 5.32 Å². The number of nitrogens with one attached hydrogen (secondary N) is 1. The van der Waals surface area contributed by atoms with Crippen molar-refractivity contribution in [2.75, 3.05) is 20.8 Å². The Morgan fingerprint density at radius 2 is 2.43 bits per heavy atom. The highest BCUT2D eigenvalue weighted by molar-refractivity contribution is 4.88. The zero-order chi connectivity index (χ0) is 5.70. The molecular formula is C5H11NO. The van der Waals surface area contributed by atoms with E-state index in [1.54, 1.807) is 7.11 Å². The Morgan fingerprint density at radius 3 is 2.57 bits per heavy atom. The molecule has 7 heavy (non-hydrogen) atoms. The number of ether oxygens (including phenoxy) is 1. The highest BCUT2D eigenvalue weighted by Gasteiger charge is 1.81. The van der Waals surface area contributed by atoms with Crippen molar-refractivity contribution >= 4 is 0 Å².